The lowest BCUT2D eigenvalue weighted by atomic mass is 10.3. The monoisotopic (exact) mass is 153 g/mol. The van der Waals surface area contributed by atoms with Crippen molar-refractivity contribution in [3.05, 3.63) is 23.3 Å². The van der Waals surface area contributed by atoms with E-state index >= 15 is 0 Å². The minimum atomic E-state index is 0.987. The minimum absolute atomic E-state index is 0.987. The molecule has 0 bridgehead atoms. The second-order valence-corrected chi connectivity index (χ2v) is 3.09. The molecular formula is C8H11NS. The highest BCUT2D eigenvalue weighted by atomic mass is 32.2. The highest BCUT2D eigenvalue weighted by Gasteiger charge is 1.93. The van der Waals surface area contributed by atoms with Gasteiger partial charge in [0.15, 0.2) is 0 Å². The SMILES string of the molecule is CSC1=CN=C(C)CC=C1. The molecule has 0 radical (unpaired) electrons. The first-order valence-corrected chi connectivity index (χ1v) is 4.49. The summed E-state index contributed by atoms with van der Waals surface area (Å²) in [6.45, 7) is 2.05. The molecule has 0 aromatic carbocycles. The summed E-state index contributed by atoms with van der Waals surface area (Å²) in [6, 6.07) is 0. The third-order valence-electron chi connectivity index (χ3n) is 1.34. The first-order chi connectivity index (χ1) is 4.83. The Morgan fingerprint density at radius 2 is 2.40 bits per heavy atom. The minimum Gasteiger partial charge on any atom is -0.264 e. The maximum absolute atomic E-state index is 4.25. The second-order valence-electron chi connectivity index (χ2n) is 2.21. The number of hydrogen-bond acceptors (Lipinski definition) is 2. The van der Waals surface area contributed by atoms with Gasteiger partial charge in [-0.05, 0) is 13.2 Å². The van der Waals surface area contributed by atoms with E-state index in [1.807, 2.05) is 13.1 Å². The molecule has 0 unspecified atom stereocenters. The van der Waals surface area contributed by atoms with Crippen molar-refractivity contribution in [2.45, 2.75) is 13.3 Å². The molecule has 1 aliphatic rings. The molecule has 0 aliphatic carbocycles. The first-order valence-electron chi connectivity index (χ1n) is 3.27. The summed E-state index contributed by atoms with van der Waals surface area (Å²) < 4.78 is 0. The smallest absolute Gasteiger partial charge is 0.0403 e. The van der Waals surface area contributed by atoms with Gasteiger partial charge in [-0.2, -0.15) is 0 Å². The number of thioether (sulfide) groups is 1. The molecule has 0 aromatic rings. The summed E-state index contributed by atoms with van der Waals surface area (Å²) in [5.41, 5.74) is 1.18. The number of nitrogens with zero attached hydrogens (tertiary/aromatic N) is 1. The van der Waals surface area contributed by atoms with Crippen LogP contribution in [0.15, 0.2) is 28.2 Å². The summed E-state index contributed by atoms with van der Waals surface area (Å²) in [7, 11) is 0. The van der Waals surface area contributed by atoms with Crippen LogP contribution >= 0.6 is 11.8 Å². The van der Waals surface area contributed by atoms with Crippen LogP contribution in [0.3, 0.4) is 0 Å². The van der Waals surface area contributed by atoms with Crippen molar-refractivity contribution >= 4 is 17.5 Å². The second kappa shape index (κ2) is 3.62. The highest BCUT2D eigenvalue weighted by Crippen LogP contribution is 2.15. The van der Waals surface area contributed by atoms with E-state index in [4.69, 9.17) is 0 Å². The van der Waals surface area contributed by atoms with Crippen LogP contribution in [0.4, 0.5) is 0 Å². The molecule has 10 heavy (non-hydrogen) atoms. The summed E-state index contributed by atoms with van der Waals surface area (Å²) in [5, 5.41) is 0. The van der Waals surface area contributed by atoms with Gasteiger partial charge >= 0.3 is 0 Å². The van der Waals surface area contributed by atoms with Crippen molar-refractivity contribution in [1.29, 1.82) is 0 Å². The van der Waals surface area contributed by atoms with Gasteiger partial charge in [-0.15, -0.1) is 11.8 Å². The quantitative estimate of drug-likeness (QED) is 0.564. The molecule has 1 aliphatic heterocycles. The van der Waals surface area contributed by atoms with E-state index in [2.05, 4.69) is 23.4 Å². The van der Waals surface area contributed by atoms with Gasteiger partial charge in [0, 0.05) is 23.2 Å². The third kappa shape index (κ3) is 2.03. The molecule has 0 fully saturated rings. The fourth-order valence-corrected chi connectivity index (χ4v) is 1.13. The Labute approximate surface area is 65.9 Å². The van der Waals surface area contributed by atoms with Gasteiger partial charge in [-0.3, -0.25) is 4.99 Å². The largest absolute Gasteiger partial charge is 0.264 e. The van der Waals surface area contributed by atoms with Gasteiger partial charge in [0.1, 0.15) is 0 Å². The van der Waals surface area contributed by atoms with Crippen molar-refractivity contribution < 1.29 is 0 Å². The number of rotatable bonds is 1. The average Bonchev–Trinajstić information content (AvgIpc) is 2.14. The number of aliphatic imine (C=N–C) groups is 1. The fraction of sp³-hybridized carbons (Fsp3) is 0.375. The predicted octanol–water partition coefficient (Wildman–Crippen LogP) is 2.61. The Kier molecular flexibility index (Phi) is 2.75. The molecule has 0 aromatic heterocycles. The lowest BCUT2D eigenvalue weighted by Crippen LogP contribution is -1.83. The summed E-state index contributed by atoms with van der Waals surface area (Å²) >= 11 is 1.73. The van der Waals surface area contributed by atoms with Crippen molar-refractivity contribution in [2.75, 3.05) is 6.26 Å². The number of hydrogen-bond donors (Lipinski definition) is 0. The topological polar surface area (TPSA) is 12.4 Å². The van der Waals surface area contributed by atoms with Crippen LogP contribution in [-0.4, -0.2) is 12.0 Å². The van der Waals surface area contributed by atoms with Crippen LogP contribution in [0.2, 0.25) is 0 Å². The maximum Gasteiger partial charge on any atom is 0.0403 e. The van der Waals surface area contributed by atoms with E-state index in [1.54, 1.807) is 11.8 Å². The van der Waals surface area contributed by atoms with Gasteiger partial charge in [-0.25, -0.2) is 0 Å². The van der Waals surface area contributed by atoms with Crippen LogP contribution in [0.1, 0.15) is 13.3 Å². The van der Waals surface area contributed by atoms with Crippen LogP contribution in [0.5, 0.6) is 0 Å². The zero-order valence-electron chi connectivity index (χ0n) is 6.29. The van der Waals surface area contributed by atoms with Gasteiger partial charge < -0.3 is 0 Å². The van der Waals surface area contributed by atoms with Crippen LogP contribution in [0.25, 0.3) is 0 Å². The van der Waals surface area contributed by atoms with Crippen LogP contribution in [-0.2, 0) is 0 Å². The van der Waals surface area contributed by atoms with Crippen molar-refractivity contribution in [1.82, 2.24) is 0 Å². The molecule has 2 heteroatoms. The van der Waals surface area contributed by atoms with E-state index in [1.165, 1.54) is 10.6 Å². The highest BCUT2D eigenvalue weighted by molar-refractivity contribution is 8.02. The predicted molar refractivity (Wildman–Crippen MR) is 48.5 cm³/mol. The zero-order valence-corrected chi connectivity index (χ0v) is 7.11. The van der Waals surface area contributed by atoms with E-state index in [0.29, 0.717) is 0 Å². The summed E-state index contributed by atoms with van der Waals surface area (Å²) in [4.78, 5) is 5.48. The molecule has 0 spiro atoms. The Morgan fingerprint density at radius 1 is 1.60 bits per heavy atom. The molecule has 0 saturated carbocycles. The molecule has 0 N–H and O–H groups in total. The molecule has 1 rings (SSSR count). The lowest BCUT2D eigenvalue weighted by molar-refractivity contribution is 1.40. The summed E-state index contributed by atoms with van der Waals surface area (Å²) in [5.74, 6) is 0. The van der Waals surface area contributed by atoms with E-state index in [-0.39, 0.29) is 0 Å². The lowest BCUT2D eigenvalue weighted by Gasteiger charge is -1.88. The Hall–Kier alpha value is -0.500. The Bertz CT molecular complexity index is 201. The maximum atomic E-state index is 4.25. The van der Waals surface area contributed by atoms with E-state index in [0.717, 1.165) is 6.42 Å². The van der Waals surface area contributed by atoms with Gasteiger partial charge in [0.2, 0.25) is 0 Å². The van der Waals surface area contributed by atoms with E-state index < -0.39 is 0 Å². The van der Waals surface area contributed by atoms with Crippen molar-refractivity contribution in [3.8, 4) is 0 Å². The third-order valence-corrected chi connectivity index (χ3v) is 2.06. The van der Waals surface area contributed by atoms with Gasteiger partial charge in [-0.1, -0.05) is 12.2 Å². The first kappa shape index (κ1) is 7.61. The Balaban J connectivity index is 2.75. The zero-order chi connectivity index (χ0) is 7.40. The fourth-order valence-electron chi connectivity index (χ4n) is 0.736. The number of allylic oxidation sites excluding steroid dienone is 2. The Morgan fingerprint density at radius 3 is 3.10 bits per heavy atom. The molecular weight excluding hydrogens is 142 g/mol. The molecule has 0 saturated heterocycles. The summed E-state index contributed by atoms with van der Waals surface area (Å²) in [6.07, 6.45) is 9.23. The van der Waals surface area contributed by atoms with Crippen molar-refractivity contribution in [2.24, 2.45) is 4.99 Å². The van der Waals surface area contributed by atoms with Crippen molar-refractivity contribution in [3.63, 3.8) is 0 Å². The molecule has 1 nitrogen and oxygen atoms in total. The molecule has 1 heterocycles. The average molecular weight is 153 g/mol. The van der Waals surface area contributed by atoms with Crippen LogP contribution < -0.4 is 0 Å². The van der Waals surface area contributed by atoms with Crippen LogP contribution in [0, 0.1) is 0 Å². The van der Waals surface area contributed by atoms with E-state index in [9.17, 15) is 0 Å². The molecule has 0 atom stereocenters. The molecule has 54 valence electrons. The molecule has 0 amide bonds. The van der Waals surface area contributed by atoms with Gasteiger partial charge in [0.05, 0.1) is 0 Å². The van der Waals surface area contributed by atoms with Gasteiger partial charge in [0.25, 0.3) is 0 Å². The standard InChI is InChI=1S/C8H11NS/c1-7-4-3-5-8(10-2)6-9-7/h3,5-6H,4H2,1-2H3. The normalized spacial score (nSPS) is 17.8.